The summed E-state index contributed by atoms with van der Waals surface area (Å²) in [6.07, 6.45) is 10.6. The van der Waals surface area contributed by atoms with Crippen molar-refractivity contribution in [2.75, 3.05) is 13.1 Å². The Morgan fingerprint density at radius 3 is 2.60 bits per heavy atom. The molecule has 4 heterocycles. The third-order valence-corrected chi connectivity index (χ3v) is 6.60. The minimum atomic E-state index is -0.859. The maximum absolute atomic E-state index is 12.8. The van der Waals surface area contributed by atoms with Crippen LogP contribution >= 0.6 is 0 Å². The summed E-state index contributed by atoms with van der Waals surface area (Å²) in [5.41, 5.74) is -0.859. The normalized spacial score (nSPS) is 36.0. The number of amides is 1. The van der Waals surface area contributed by atoms with Gasteiger partial charge in [0.2, 0.25) is 5.91 Å². The van der Waals surface area contributed by atoms with Crippen LogP contribution in [0.25, 0.3) is 0 Å². The number of hydrogen-bond acceptors (Lipinski definition) is 4. The summed E-state index contributed by atoms with van der Waals surface area (Å²) in [4.78, 5) is 21.7. The molecule has 0 aromatic carbocycles. The Labute approximate surface area is 149 Å². The lowest BCUT2D eigenvalue weighted by molar-refractivity contribution is -0.139. The minimum absolute atomic E-state index is 0.270. The van der Waals surface area contributed by atoms with Gasteiger partial charge >= 0.3 is 0 Å². The molecule has 4 atom stereocenters. The number of nitrogens with zero attached hydrogens (tertiary/aromatic N) is 4. The molecule has 1 unspecified atom stereocenters. The van der Waals surface area contributed by atoms with Gasteiger partial charge in [0.1, 0.15) is 11.4 Å². The van der Waals surface area contributed by atoms with Gasteiger partial charge in [-0.3, -0.25) is 9.69 Å². The molecule has 0 saturated carbocycles. The Balaban J connectivity index is 1.46. The van der Waals surface area contributed by atoms with Gasteiger partial charge < -0.3 is 14.6 Å². The Kier molecular flexibility index (Phi) is 4.36. The number of carbonyl (C=O) groups is 1. The molecule has 6 nitrogen and oxygen atoms in total. The summed E-state index contributed by atoms with van der Waals surface area (Å²) in [7, 11) is 1.94. The van der Waals surface area contributed by atoms with Gasteiger partial charge in [0.15, 0.2) is 0 Å². The highest BCUT2D eigenvalue weighted by Gasteiger charge is 2.50. The number of aliphatic hydroxyl groups is 1. The lowest BCUT2D eigenvalue weighted by Gasteiger charge is -2.44. The molecule has 1 amide bonds. The number of fused-ring (bicyclic) bond motifs is 2. The fourth-order valence-electron chi connectivity index (χ4n) is 5.29. The summed E-state index contributed by atoms with van der Waals surface area (Å²) in [5, 5.41) is 11.2. The number of rotatable bonds is 3. The van der Waals surface area contributed by atoms with Crippen LogP contribution in [-0.2, 0) is 17.4 Å². The van der Waals surface area contributed by atoms with E-state index in [1.54, 1.807) is 6.20 Å². The van der Waals surface area contributed by atoms with Gasteiger partial charge in [0, 0.05) is 44.1 Å². The van der Waals surface area contributed by atoms with Crippen molar-refractivity contribution < 1.29 is 9.90 Å². The second-order valence-electron chi connectivity index (χ2n) is 8.29. The predicted molar refractivity (Wildman–Crippen MR) is 94.9 cm³/mol. The monoisotopic (exact) mass is 346 g/mol. The molecule has 0 aliphatic carbocycles. The molecule has 2 bridgehead atoms. The maximum atomic E-state index is 12.8. The molecule has 3 aliphatic rings. The van der Waals surface area contributed by atoms with Crippen molar-refractivity contribution in [2.24, 2.45) is 7.05 Å². The zero-order valence-corrected chi connectivity index (χ0v) is 15.4. The highest BCUT2D eigenvalue weighted by atomic mass is 16.3. The molecule has 0 radical (unpaired) electrons. The third kappa shape index (κ3) is 2.99. The van der Waals surface area contributed by atoms with E-state index < -0.39 is 5.60 Å². The van der Waals surface area contributed by atoms with E-state index in [1.807, 2.05) is 17.8 Å². The van der Waals surface area contributed by atoms with Crippen LogP contribution in [-0.4, -0.2) is 61.6 Å². The number of aryl methyl sites for hydroxylation is 1. The standard InChI is InChI=1S/C19H30N4O2/c1-14-5-3-4-9-22(14)17(24)13-23-15-6-7-16(23)12-19(25,11-15)18-20-8-10-21(18)2/h8,10,14-16,25H,3-7,9,11-13H2,1-2H3/t14-,15-,16+,19?/m0/s1. The highest BCUT2D eigenvalue weighted by molar-refractivity contribution is 5.78. The van der Waals surface area contributed by atoms with E-state index in [2.05, 4.69) is 21.7 Å². The molecule has 3 fully saturated rings. The van der Waals surface area contributed by atoms with Gasteiger partial charge in [0.25, 0.3) is 0 Å². The number of piperidine rings is 2. The molecule has 0 spiro atoms. The topological polar surface area (TPSA) is 61.6 Å². The molecular weight excluding hydrogens is 316 g/mol. The molecule has 1 N–H and O–H groups in total. The Bertz CT molecular complexity index is 629. The molecule has 1 aromatic rings. The molecule has 4 rings (SSSR count). The number of aromatic nitrogens is 2. The first-order chi connectivity index (χ1) is 12.0. The second-order valence-corrected chi connectivity index (χ2v) is 8.29. The van der Waals surface area contributed by atoms with E-state index in [-0.39, 0.29) is 18.0 Å². The largest absolute Gasteiger partial charge is 0.382 e. The van der Waals surface area contributed by atoms with Gasteiger partial charge in [-0.15, -0.1) is 0 Å². The first kappa shape index (κ1) is 17.0. The van der Waals surface area contributed by atoms with Crippen LogP contribution in [0, 0.1) is 0 Å². The zero-order chi connectivity index (χ0) is 17.6. The van der Waals surface area contributed by atoms with Crippen molar-refractivity contribution >= 4 is 5.91 Å². The van der Waals surface area contributed by atoms with Crippen molar-refractivity contribution in [1.29, 1.82) is 0 Å². The maximum Gasteiger partial charge on any atom is 0.237 e. The van der Waals surface area contributed by atoms with Crippen LogP contribution in [0.3, 0.4) is 0 Å². The first-order valence-corrected chi connectivity index (χ1v) is 9.73. The van der Waals surface area contributed by atoms with E-state index in [4.69, 9.17) is 0 Å². The third-order valence-electron chi connectivity index (χ3n) is 6.60. The van der Waals surface area contributed by atoms with Gasteiger partial charge in [-0.1, -0.05) is 0 Å². The zero-order valence-electron chi connectivity index (χ0n) is 15.4. The SMILES string of the molecule is C[C@H]1CCCCN1C(=O)CN1[C@@H]2CC[C@H]1CC(O)(c1nccn1C)C2. The van der Waals surface area contributed by atoms with Crippen LogP contribution in [0.15, 0.2) is 12.4 Å². The molecule has 6 heteroatoms. The van der Waals surface area contributed by atoms with Crippen LogP contribution in [0.4, 0.5) is 0 Å². The molecule has 3 aliphatic heterocycles. The molecule has 1 aromatic heterocycles. The lowest BCUT2D eigenvalue weighted by Crippen LogP contribution is -2.54. The quantitative estimate of drug-likeness (QED) is 0.904. The highest BCUT2D eigenvalue weighted by Crippen LogP contribution is 2.45. The Morgan fingerprint density at radius 1 is 1.28 bits per heavy atom. The summed E-state index contributed by atoms with van der Waals surface area (Å²) < 4.78 is 1.93. The molecule has 25 heavy (non-hydrogen) atoms. The van der Waals surface area contributed by atoms with E-state index in [0.717, 1.165) is 38.1 Å². The summed E-state index contributed by atoms with van der Waals surface area (Å²) >= 11 is 0. The van der Waals surface area contributed by atoms with E-state index in [9.17, 15) is 9.90 Å². The number of likely N-dealkylation sites (tertiary alicyclic amines) is 1. The number of imidazole rings is 1. The smallest absolute Gasteiger partial charge is 0.237 e. The summed E-state index contributed by atoms with van der Waals surface area (Å²) in [5.74, 6) is 1.03. The van der Waals surface area contributed by atoms with Crippen molar-refractivity contribution in [3.63, 3.8) is 0 Å². The van der Waals surface area contributed by atoms with E-state index in [1.165, 1.54) is 6.42 Å². The van der Waals surface area contributed by atoms with Gasteiger partial charge in [-0.05, 0) is 51.9 Å². The molecule has 138 valence electrons. The fourth-order valence-corrected chi connectivity index (χ4v) is 5.29. The second kappa shape index (κ2) is 6.40. The van der Waals surface area contributed by atoms with Crippen LogP contribution in [0.1, 0.15) is 57.7 Å². The van der Waals surface area contributed by atoms with Crippen LogP contribution in [0.5, 0.6) is 0 Å². The van der Waals surface area contributed by atoms with Crippen molar-refractivity contribution in [3.8, 4) is 0 Å². The van der Waals surface area contributed by atoms with Gasteiger partial charge in [0.05, 0.1) is 6.54 Å². The summed E-state index contributed by atoms with van der Waals surface area (Å²) in [6.45, 7) is 3.58. The molecular formula is C19H30N4O2. The Morgan fingerprint density at radius 2 is 2.00 bits per heavy atom. The fraction of sp³-hybridized carbons (Fsp3) is 0.789. The average Bonchev–Trinajstić information content (AvgIpc) is 3.11. The Hall–Kier alpha value is -1.40. The average molecular weight is 346 g/mol. The van der Waals surface area contributed by atoms with Crippen LogP contribution < -0.4 is 0 Å². The lowest BCUT2D eigenvalue weighted by atomic mass is 9.85. The van der Waals surface area contributed by atoms with Gasteiger partial charge in [-0.2, -0.15) is 0 Å². The van der Waals surface area contributed by atoms with Gasteiger partial charge in [-0.25, -0.2) is 4.98 Å². The van der Waals surface area contributed by atoms with Crippen molar-refractivity contribution in [2.45, 2.75) is 75.6 Å². The van der Waals surface area contributed by atoms with E-state index >= 15 is 0 Å². The predicted octanol–water partition coefficient (Wildman–Crippen LogP) is 1.64. The van der Waals surface area contributed by atoms with E-state index in [0.29, 0.717) is 25.4 Å². The molecule has 3 saturated heterocycles. The summed E-state index contributed by atoms with van der Waals surface area (Å²) in [6, 6.07) is 0.933. The van der Waals surface area contributed by atoms with Crippen LogP contribution in [0.2, 0.25) is 0 Å². The minimum Gasteiger partial charge on any atom is -0.382 e. The number of hydrogen-bond donors (Lipinski definition) is 1. The van der Waals surface area contributed by atoms with Crippen molar-refractivity contribution in [1.82, 2.24) is 19.4 Å². The first-order valence-electron chi connectivity index (χ1n) is 9.73. The number of carbonyl (C=O) groups excluding carboxylic acids is 1. The van der Waals surface area contributed by atoms with Crippen molar-refractivity contribution in [3.05, 3.63) is 18.2 Å².